The first kappa shape index (κ1) is 27.0. The topological polar surface area (TPSA) is 70.6 Å². The van der Waals surface area contributed by atoms with E-state index in [0.717, 1.165) is 6.07 Å². The molecule has 0 radical (unpaired) electrons. The zero-order chi connectivity index (χ0) is 27.7. The molecule has 0 unspecified atom stereocenters. The van der Waals surface area contributed by atoms with E-state index in [9.17, 15) is 40.7 Å². The molecule has 1 saturated heterocycles. The van der Waals surface area contributed by atoms with Gasteiger partial charge >= 0.3 is 0 Å². The Hall–Kier alpha value is -4.06. The van der Waals surface area contributed by atoms with Crippen molar-refractivity contribution in [3.8, 4) is 0 Å². The van der Waals surface area contributed by atoms with Crippen LogP contribution < -0.4 is 4.90 Å². The van der Waals surface area contributed by atoms with Gasteiger partial charge in [-0.15, -0.1) is 0 Å². The van der Waals surface area contributed by atoms with E-state index >= 15 is 0 Å². The molecule has 1 fully saturated rings. The van der Waals surface area contributed by atoms with E-state index in [0.29, 0.717) is 25.9 Å². The number of likely N-dealkylation sites (tertiary alicyclic amines) is 1. The van der Waals surface area contributed by atoms with E-state index in [4.69, 9.17) is 0 Å². The van der Waals surface area contributed by atoms with Crippen LogP contribution in [0.25, 0.3) is 0 Å². The lowest BCUT2D eigenvalue weighted by molar-refractivity contribution is 0.0844. The van der Waals surface area contributed by atoms with Gasteiger partial charge in [0, 0.05) is 30.2 Å². The Labute approximate surface area is 212 Å². The predicted molar refractivity (Wildman–Crippen MR) is 123 cm³/mol. The Morgan fingerprint density at radius 2 is 1.24 bits per heavy atom. The van der Waals surface area contributed by atoms with Gasteiger partial charge in [0.05, 0.1) is 0 Å². The highest BCUT2D eigenvalue weighted by molar-refractivity contribution is 6.25. The van der Waals surface area contributed by atoms with Crippen LogP contribution in [-0.2, 0) is 0 Å². The number of benzene rings is 2. The number of aromatic nitrogens is 1. The molecule has 198 valence electrons. The van der Waals surface area contributed by atoms with E-state index in [-0.39, 0.29) is 34.9 Å². The van der Waals surface area contributed by atoms with Gasteiger partial charge in [-0.25, -0.2) is 36.2 Å². The van der Waals surface area contributed by atoms with Gasteiger partial charge in [0.2, 0.25) is 0 Å². The first-order valence-corrected chi connectivity index (χ1v) is 11.4. The number of hydrogen-bond donors (Lipinski definition) is 0. The first-order chi connectivity index (χ1) is 18.0. The minimum absolute atomic E-state index is 0.0514. The molecule has 2 heterocycles. The van der Waals surface area contributed by atoms with Gasteiger partial charge in [0.1, 0.15) is 57.5 Å². The largest absolute Gasteiger partial charge is 0.306 e. The molecular weight excluding hydrogens is 516 g/mol. The van der Waals surface area contributed by atoms with Crippen molar-refractivity contribution in [3.05, 3.63) is 94.2 Å². The van der Waals surface area contributed by atoms with Crippen molar-refractivity contribution in [2.24, 2.45) is 5.92 Å². The van der Waals surface area contributed by atoms with Gasteiger partial charge in [-0.05, 0) is 45.1 Å². The second-order valence-corrected chi connectivity index (χ2v) is 8.76. The molecule has 0 saturated carbocycles. The van der Waals surface area contributed by atoms with Gasteiger partial charge in [-0.2, -0.15) is 0 Å². The fourth-order valence-electron chi connectivity index (χ4n) is 4.18. The summed E-state index contributed by atoms with van der Waals surface area (Å²) >= 11 is 0. The minimum atomic E-state index is -1.79. The Bertz CT molecular complexity index is 1320. The van der Waals surface area contributed by atoms with Crippen molar-refractivity contribution < 1.29 is 40.7 Å². The number of carbonyl (C=O) groups excluding carboxylic acids is 3. The van der Waals surface area contributed by atoms with Gasteiger partial charge in [0.25, 0.3) is 11.8 Å². The average molecular weight is 535 g/mol. The van der Waals surface area contributed by atoms with Crippen molar-refractivity contribution in [1.29, 1.82) is 0 Å². The number of hydrogen-bond acceptors (Lipinski definition) is 5. The second kappa shape index (κ2) is 10.7. The molecular formula is C26H19F6N3O3. The standard InChI is InChI=1S/C26H19F6N3O3/c1-34-7-5-13(6-8-34)24(36)20-3-2-4-21(33-20)35(25(37)22-16(29)9-14(27)10-17(22)30)26(38)23-18(31)11-15(28)12-19(23)32/h2-4,9-13H,5-8H2,1H3. The molecule has 12 heteroatoms. The third kappa shape index (κ3) is 5.30. The van der Waals surface area contributed by atoms with Crippen LogP contribution in [0.3, 0.4) is 0 Å². The van der Waals surface area contributed by atoms with Crippen molar-refractivity contribution >= 4 is 23.4 Å². The number of pyridine rings is 1. The number of imide groups is 1. The smallest absolute Gasteiger partial charge is 0.272 e. The summed E-state index contributed by atoms with van der Waals surface area (Å²) in [5.41, 5.74) is -3.05. The number of amides is 2. The number of piperidine rings is 1. The normalized spacial score (nSPS) is 14.4. The molecule has 4 rings (SSSR count). The molecule has 0 bridgehead atoms. The number of anilines is 1. The Kier molecular flexibility index (Phi) is 7.63. The van der Waals surface area contributed by atoms with Gasteiger partial charge in [-0.3, -0.25) is 14.4 Å². The summed E-state index contributed by atoms with van der Waals surface area (Å²) in [7, 11) is 1.89. The maximum Gasteiger partial charge on any atom is 0.272 e. The number of ketones is 1. The SMILES string of the molecule is CN1CCC(C(=O)c2cccc(N(C(=O)c3c(F)cc(F)cc3F)C(=O)c3c(F)cc(F)cc3F)n2)CC1. The van der Waals surface area contributed by atoms with E-state index < -0.39 is 75.4 Å². The van der Waals surface area contributed by atoms with Crippen molar-refractivity contribution in [1.82, 2.24) is 9.88 Å². The summed E-state index contributed by atoms with van der Waals surface area (Å²) in [5.74, 6) is -14.7. The van der Waals surface area contributed by atoms with Crippen LogP contribution in [-0.4, -0.2) is 47.6 Å². The van der Waals surface area contributed by atoms with Crippen LogP contribution in [0.1, 0.15) is 44.0 Å². The van der Waals surface area contributed by atoms with Gasteiger partial charge < -0.3 is 4.90 Å². The molecule has 0 N–H and O–H groups in total. The quantitative estimate of drug-likeness (QED) is 0.263. The zero-order valence-corrected chi connectivity index (χ0v) is 19.8. The Morgan fingerprint density at radius 1 is 0.789 bits per heavy atom. The monoisotopic (exact) mass is 535 g/mol. The molecule has 1 aliphatic heterocycles. The van der Waals surface area contributed by atoms with Gasteiger partial charge in [-0.1, -0.05) is 6.07 Å². The van der Waals surface area contributed by atoms with E-state index in [1.165, 1.54) is 12.1 Å². The number of rotatable bonds is 5. The summed E-state index contributed by atoms with van der Waals surface area (Å²) < 4.78 is 84.8. The third-order valence-electron chi connectivity index (χ3n) is 6.15. The lowest BCUT2D eigenvalue weighted by Crippen LogP contribution is -2.40. The van der Waals surface area contributed by atoms with Crippen LogP contribution in [0.4, 0.5) is 32.2 Å². The molecule has 0 spiro atoms. The molecule has 0 aliphatic carbocycles. The summed E-state index contributed by atoms with van der Waals surface area (Å²) in [6.45, 7) is 1.26. The molecule has 1 aliphatic rings. The molecule has 1 aromatic heterocycles. The number of halogens is 6. The zero-order valence-electron chi connectivity index (χ0n) is 19.8. The minimum Gasteiger partial charge on any atom is -0.306 e. The Morgan fingerprint density at radius 3 is 1.68 bits per heavy atom. The third-order valence-corrected chi connectivity index (χ3v) is 6.15. The summed E-state index contributed by atoms with van der Waals surface area (Å²) in [6, 6.07) is 4.19. The summed E-state index contributed by atoms with van der Waals surface area (Å²) in [6.07, 6.45) is 1.00. The van der Waals surface area contributed by atoms with E-state index in [2.05, 4.69) is 4.98 Å². The highest BCUT2D eigenvalue weighted by Gasteiger charge is 2.35. The first-order valence-electron chi connectivity index (χ1n) is 11.4. The van der Waals surface area contributed by atoms with Crippen molar-refractivity contribution in [3.63, 3.8) is 0 Å². The average Bonchev–Trinajstić information content (AvgIpc) is 2.83. The van der Waals surface area contributed by atoms with Crippen LogP contribution in [0.5, 0.6) is 0 Å². The van der Waals surface area contributed by atoms with Crippen LogP contribution in [0.2, 0.25) is 0 Å². The van der Waals surface area contributed by atoms with Crippen molar-refractivity contribution in [2.75, 3.05) is 25.0 Å². The molecule has 38 heavy (non-hydrogen) atoms. The summed E-state index contributed by atoms with van der Waals surface area (Å²) in [4.78, 5) is 45.6. The number of Topliss-reactive ketones (excluding diaryl/α,β-unsaturated/α-hetero) is 1. The lowest BCUT2D eigenvalue weighted by atomic mass is 9.91. The van der Waals surface area contributed by atoms with E-state index in [1.807, 2.05) is 11.9 Å². The number of carbonyl (C=O) groups is 3. The number of nitrogens with zero attached hydrogens (tertiary/aromatic N) is 3. The summed E-state index contributed by atoms with van der Waals surface area (Å²) in [5, 5.41) is 0. The molecule has 6 nitrogen and oxygen atoms in total. The molecule has 2 amide bonds. The maximum atomic E-state index is 14.5. The van der Waals surface area contributed by atoms with Crippen LogP contribution >= 0.6 is 0 Å². The van der Waals surface area contributed by atoms with Gasteiger partial charge in [0.15, 0.2) is 5.78 Å². The highest BCUT2D eigenvalue weighted by atomic mass is 19.2. The second-order valence-electron chi connectivity index (χ2n) is 8.76. The Balaban J connectivity index is 1.83. The molecule has 2 aromatic carbocycles. The fraction of sp³-hybridized carbons (Fsp3) is 0.231. The molecule has 0 atom stereocenters. The van der Waals surface area contributed by atoms with Crippen LogP contribution in [0.15, 0.2) is 42.5 Å². The van der Waals surface area contributed by atoms with Crippen molar-refractivity contribution in [2.45, 2.75) is 12.8 Å². The van der Waals surface area contributed by atoms with E-state index in [1.54, 1.807) is 0 Å². The fourth-order valence-corrected chi connectivity index (χ4v) is 4.18. The van der Waals surface area contributed by atoms with Crippen LogP contribution in [0, 0.1) is 40.8 Å². The highest BCUT2D eigenvalue weighted by Crippen LogP contribution is 2.27. The predicted octanol–water partition coefficient (Wildman–Crippen LogP) is 4.93. The maximum absolute atomic E-state index is 14.5. The lowest BCUT2D eigenvalue weighted by Gasteiger charge is -2.28. The molecule has 3 aromatic rings.